The number of rotatable bonds is 1. The van der Waals surface area contributed by atoms with Crippen molar-refractivity contribution in [3.05, 3.63) is 29.3 Å². The van der Waals surface area contributed by atoms with E-state index in [9.17, 15) is 8.76 Å². The highest BCUT2D eigenvalue weighted by Gasteiger charge is 2.10. The van der Waals surface area contributed by atoms with Crippen LogP contribution in [0.2, 0.25) is 0 Å². The quantitative estimate of drug-likeness (QED) is 0.614. The first-order valence-corrected chi connectivity index (χ1v) is 5.06. The van der Waals surface area contributed by atoms with E-state index in [0.29, 0.717) is 4.90 Å². The summed E-state index contributed by atoms with van der Waals surface area (Å²) >= 11 is -2.07. The van der Waals surface area contributed by atoms with Gasteiger partial charge in [0.2, 0.25) is 0 Å². The molecule has 1 atom stereocenters. The van der Waals surface area contributed by atoms with Gasteiger partial charge in [0.15, 0.2) is 0 Å². The van der Waals surface area contributed by atoms with Crippen LogP contribution in [0.1, 0.15) is 17.5 Å². The average Bonchev–Trinajstić information content (AvgIpc) is 2.49. The molecule has 0 saturated heterocycles. The molecule has 0 fully saturated rings. The second-order valence-corrected chi connectivity index (χ2v) is 3.96. The molecule has 0 N–H and O–H groups in total. The van der Waals surface area contributed by atoms with Crippen LogP contribution >= 0.6 is 0 Å². The Labute approximate surface area is 73.9 Å². The van der Waals surface area contributed by atoms with Crippen molar-refractivity contribution < 1.29 is 8.76 Å². The summed E-state index contributed by atoms with van der Waals surface area (Å²) in [7, 11) is 0. The maximum absolute atomic E-state index is 10.6. The Morgan fingerprint density at radius 1 is 1.25 bits per heavy atom. The van der Waals surface area contributed by atoms with Crippen LogP contribution in [0.4, 0.5) is 0 Å². The third-order valence-electron chi connectivity index (χ3n) is 2.26. The van der Waals surface area contributed by atoms with Crippen molar-refractivity contribution in [3.8, 4) is 0 Å². The molecule has 0 aliphatic heterocycles. The van der Waals surface area contributed by atoms with Gasteiger partial charge in [-0.05, 0) is 53.6 Å². The minimum absolute atomic E-state index is 0.413. The van der Waals surface area contributed by atoms with Crippen LogP contribution in [-0.2, 0) is 23.9 Å². The number of benzene rings is 1. The second-order valence-electron chi connectivity index (χ2n) is 3.02. The molecular formula is C9H9O2S-. The average molecular weight is 181 g/mol. The topological polar surface area (TPSA) is 40.1 Å². The lowest BCUT2D eigenvalue weighted by atomic mass is 10.1. The number of hydrogen-bond acceptors (Lipinski definition) is 2. The van der Waals surface area contributed by atoms with E-state index in [1.807, 2.05) is 6.07 Å². The summed E-state index contributed by atoms with van der Waals surface area (Å²) in [6.45, 7) is 0. The van der Waals surface area contributed by atoms with Crippen LogP contribution in [-0.4, -0.2) is 8.76 Å². The highest BCUT2D eigenvalue weighted by Crippen LogP contribution is 2.23. The SMILES string of the molecule is O=S([O-])c1ccc2c(c1)CCC2. The summed E-state index contributed by atoms with van der Waals surface area (Å²) in [6, 6.07) is 5.38. The molecule has 1 aromatic carbocycles. The predicted molar refractivity (Wildman–Crippen MR) is 45.7 cm³/mol. The van der Waals surface area contributed by atoms with Gasteiger partial charge in [-0.2, -0.15) is 0 Å². The molecule has 1 aliphatic rings. The molecular weight excluding hydrogens is 172 g/mol. The van der Waals surface area contributed by atoms with Crippen LogP contribution in [0.5, 0.6) is 0 Å². The summed E-state index contributed by atoms with van der Waals surface area (Å²) in [5, 5.41) is 0. The van der Waals surface area contributed by atoms with Crippen LogP contribution in [0.15, 0.2) is 23.1 Å². The summed E-state index contributed by atoms with van der Waals surface area (Å²) < 4.78 is 21.2. The molecule has 0 bridgehead atoms. The Bertz CT molecular complexity index is 333. The molecule has 3 heteroatoms. The van der Waals surface area contributed by atoms with E-state index in [1.165, 1.54) is 11.1 Å². The number of aryl methyl sites for hydroxylation is 2. The molecule has 0 saturated carbocycles. The molecule has 0 spiro atoms. The van der Waals surface area contributed by atoms with Crippen molar-refractivity contribution in [2.45, 2.75) is 24.2 Å². The van der Waals surface area contributed by atoms with E-state index < -0.39 is 11.1 Å². The van der Waals surface area contributed by atoms with Crippen LogP contribution < -0.4 is 0 Å². The lowest BCUT2D eigenvalue weighted by Crippen LogP contribution is -1.91. The standard InChI is InChI=1S/C9H10O2S/c10-12(11)9-5-4-7-2-1-3-8(7)6-9/h4-6H,1-3H2,(H,10,11)/p-1. The summed E-state index contributed by atoms with van der Waals surface area (Å²) in [5.74, 6) is 0. The number of hydrogen-bond donors (Lipinski definition) is 0. The van der Waals surface area contributed by atoms with Crippen molar-refractivity contribution in [1.82, 2.24) is 0 Å². The first-order valence-electron chi connectivity index (χ1n) is 3.98. The molecule has 0 aromatic heterocycles. The maximum atomic E-state index is 10.6. The summed E-state index contributed by atoms with van der Waals surface area (Å²) in [4.78, 5) is 0.413. The van der Waals surface area contributed by atoms with Crippen LogP contribution in [0.25, 0.3) is 0 Å². The normalized spacial score (nSPS) is 17.4. The van der Waals surface area contributed by atoms with Gasteiger partial charge in [0.05, 0.1) is 0 Å². The number of fused-ring (bicyclic) bond motifs is 1. The molecule has 1 aromatic rings. The van der Waals surface area contributed by atoms with Crippen LogP contribution in [0, 0.1) is 0 Å². The van der Waals surface area contributed by atoms with E-state index in [4.69, 9.17) is 0 Å². The Balaban J connectivity index is 2.45. The first-order chi connectivity index (χ1) is 5.77. The molecule has 0 amide bonds. The summed E-state index contributed by atoms with van der Waals surface area (Å²) in [6.07, 6.45) is 3.28. The zero-order chi connectivity index (χ0) is 8.55. The van der Waals surface area contributed by atoms with Crippen LogP contribution in [0.3, 0.4) is 0 Å². The molecule has 2 nitrogen and oxygen atoms in total. The monoisotopic (exact) mass is 181 g/mol. The highest BCUT2D eigenvalue weighted by molar-refractivity contribution is 7.79. The van der Waals surface area contributed by atoms with Crippen molar-refractivity contribution in [2.24, 2.45) is 0 Å². The fraction of sp³-hybridized carbons (Fsp3) is 0.333. The highest BCUT2D eigenvalue weighted by atomic mass is 32.2. The molecule has 2 rings (SSSR count). The van der Waals surface area contributed by atoms with Gasteiger partial charge in [-0.3, -0.25) is 4.21 Å². The smallest absolute Gasteiger partial charge is 0.0251 e. The minimum Gasteiger partial charge on any atom is -0.768 e. The predicted octanol–water partition coefficient (Wildman–Crippen LogP) is 1.41. The van der Waals surface area contributed by atoms with Gasteiger partial charge in [-0.1, -0.05) is 6.07 Å². The first kappa shape index (κ1) is 7.95. The lowest BCUT2D eigenvalue weighted by molar-refractivity contribution is 0.537. The third kappa shape index (κ3) is 1.30. The fourth-order valence-electron chi connectivity index (χ4n) is 1.65. The maximum Gasteiger partial charge on any atom is 0.0251 e. The van der Waals surface area contributed by atoms with Crippen molar-refractivity contribution >= 4 is 11.1 Å². The van der Waals surface area contributed by atoms with E-state index in [1.54, 1.807) is 12.1 Å². The van der Waals surface area contributed by atoms with Gasteiger partial charge in [-0.15, -0.1) is 0 Å². The van der Waals surface area contributed by atoms with Crippen molar-refractivity contribution in [2.75, 3.05) is 0 Å². The molecule has 64 valence electrons. The zero-order valence-electron chi connectivity index (χ0n) is 6.58. The molecule has 0 heterocycles. The zero-order valence-corrected chi connectivity index (χ0v) is 7.39. The van der Waals surface area contributed by atoms with Gasteiger partial charge in [0.1, 0.15) is 0 Å². The third-order valence-corrected chi connectivity index (χ3v) is 2.90. The van der Waals surface area contributed by atoms with Gasteiger partial charge in [0.25, 0.3) is 0 Å². The summed E-state index contributed by atoms with van der Waals surface area (Å²) in [5.41, 5.74) is 2.51. The molecule has 1 aliphatic carbocycles. The van der Waals surface area contributed by atoms with Crippen molar-refractivity contribution in [1.29, 1.82) is 0 Å². The van der Waals surface area contributed by atoms with E-state index >= 15 is 0 Å². The Morgan fingerprint density at radius 2 is 2.00 bits per heavy atom. The van der Waals surface area contributed by atoms with Crippen molar-refractivity contribution in [3.63, 3.8) is 0 Å². The molecule has 0 radical (unpaired) electrons. The van der Waals surface area contributed by atoms with Gasteiger partial charge in [0, 0.05) is 4.90 Å². The minimum atomic E-state index is -2.07. The van der Waals surface area contributed by atoms with E-state index in [2.05, 4.69) is 0 Å². The lowest BCUT2D eigenvalue weighted by Gasteiger charge is -2.06. The Kier molecular flexibility index (Phi) is 1.98. The van der Waals surface area contributed by atoms with Gasteiger partial charge >= 0.3 is 0 Å². The van der Waals surface area contributed by atoms with E-state index in [-0.39, 0.29) is 0 Å². The van der Waals surface area contributed by atoms with E-state index in [0.717, 1.165) is 19.3 Å². The Hall–Kier alpha value is -0.670. The Morgan fingerprint density at radius 3 is 2.75 bits per heavy atom. The largest absolute Gasteiger partial charge is 0.768 e. The fourth-order valence-corrected chi connectivity index (χ4v) is 2.07. The second kappa shape index (κ2) is 2.99. The van der Waals surface area contributed by atoms with Gasteiger partial charge in [-0.25, -0.2) is 0 Å². The molecule has 1 unspecified atom stereocenters. The van der Waals surface area contributed by atoms with Gasteiger partial charge < -0.3 is 4.55 Å². The molecule has 12 heavy (non-hydrogen) atoms.